The second-order valence-corrected chi connectivity index (χ2v) is 6.03. The first-order valence-corrected chi connectivity index (χ1v) is 8.05. The zero-order valence-corrected chi connectivity index (χ0v) is 13.7. The van der Waals surface area contributed by atoms with Crippen molar-refractivity contribution < 1.29 is 4.39 Å². The molecule has 0 aliphatic rings. The second kappa shape index (κ2) is 6.15. The fourth-order valence-corrected chi connectivity index (χ4v) is 2.89. The van der Waals surface area contributed by atoms with Crippen LogP contribution in [0.25, 0.3) is 27.7 Å². The summed E-state index contributed by atoms with van der Waals surface area (Å²) in [5.74, 6) is -0.320. The molecule has 3 aromatic carbocycles. The highest BCUT2D eigenvalue weighted by Crippen LogP contribution is 2.25. The maximum atomic E-state index is 13.3. The molecule has 0 amide bonds. The van der Waals surface area contributed by atoms with E-state index >= 15 is 0 Å². The standard InChI is InChI=1S/C20H12ClFN2O/c21-14-7-11-16(12-8-14)24-20(25)18-4-2-1-3-17(18)19(23-24)13-5-9-15(22)10-6-13/h1-12H. The lowest BCUT2D eigenvalue weighted by molar-refractivity contribution is 0.628. The Morgan fingerprint density at radius 3 is 2.16 bits per heavy atom. The number of aromatic nitrogens is 2. The molecule has 0 unspecified atom stereocenters. The largest absolute Gasteiger partial charge is 0.279 e. The highest BCUT2D eigenvalue weighted by atomic mass is 35.5. The van der Waals surface area contributed by atoms with Crippen LogP contribution in [-0.4, -0.2) is 9.78 Å². The molecule has 0 spiro atoms. The molecule has 0 radical (unpaired) electrons. The van der Waals surface area contributed by atoms with Crippen molar-refractivity contribution in [3.63, 3.8) is 0 Å². The first-order valence-electron chi connectivity index (χ1n) is 7.67. The third-order valence-electron chi connectivity index (χ3n) is 3.99. The lowest BCUT2D eigenvalue weighted by Crippen LogP contribution is -2.22. The Hall–Kier alpha value is -2.98. The van der Waals surface area contributed by atoms with Gasteiger partial charge in [-0.1, -0.05) is 29.8 Å². The van der Waals surface area contributed by atoms with Crippen LogP contribution in [0.15, 0.2) is 77.6 Å². The average Bonchev–Trinajstić information content (AvgIpc) is 2.64. The third-order valence-corrected chi connectivity index (χ3v) is 4.25. The molecule has 0 aliphatic heterocycles. The number of hydrogen-bond acceptors (Lipinski definition) is 2. The van der Waals surface area contributed by atoms with Crippen LogP contribution in [-0.2, 0) is 0 Å². The smallest absolute Gasteiger partial charge is 0.267 e. The topological polar surface area (TPSA) is 34.9 Å². The van der Waals surface area contributed by atoms with Crippen LogP contribution in [0.2, 0.25) is 5.02 Å². The minimum Gasteiger partial charge on any atom is -0.267 e. The summed E-state index contributed by atoms with van der Waals surface area (Å²) in [7, 11) is 0. The summed E-state index contributed by atoms with van der Waals surface area (Å²) in [5, 5.41) is 6.39. The Bertz CT molecular complexity index is 1120. The Kier molecular flexibility index (Phi) is 3.82. The van der Waals surface area contributed by atoms with Crippen molar-refractivity contribution in [1.82, 2.24) is 9.78 Å². The predicted octanol–water partition coefficient (Wildman–Crippen LogP) is 4.85. The fourth-order valence-electron chi connectivity index (χ4n) is 2.77. The average molecular weight is 351 g/mol. The van der Waals surface area contributed by atoms with E-state index in [1.165, 1.54) is 16.8 Å². The maximum Gasteiger partial charge on any atom is 0.279 e. The Balaban J connectivity index is 2.05. The minimum atomic E-state index is -0.320. The molecule has 0 atom stereocenters. The van der Waals surface area contributed by atoms with Crippen molar-refractivity contribution in [3.8, 4) is 16.9 Å². The quantitative estimate of drug-likeness (QED) is 0.518. The van der Waals surface area contributed by atoms with Gasteiger partial charge in [-0.05, 0) is 54.6 Å². The van der Waals surface area contributed by atoms with Crippen molar-refractivity contribution in [1.29, 1.82) is 0 Å². The Labute approximate surface area is 147 Å². The van der Waals surface area contributed by atoms with Gasteiger partial charge < -0.3 is 0 Å². The molecule has 4 aromatic rings. The Morgan fingerprint density at radius 2 is 1.48 bits per heavy atom. The van der Waals surface area contributed by atoms with E-state index in [-0.39, 0.29) is 11.4 Å². The first-order chi connectivity index (χ1) is 12.1. The van der Waals surface area contributed by atoms with E-state index in [2.05, 4.69) is 5.10 Å². The summed E-state index contributed by atoms with van der Waals surface area (Å²) >= 11 is 5.93. The number of hydrogen-bond donors (Lipinski definition) is 0. The van der Waals surface area contributed by atoms with Gasteiger partial charge in [-0.2, -0.15) is 9.78 Å². The number of fused-ring (bicyclic) bond motifs is 1. The van der Waals surface area contributed by atoms with Crippen LogP contribution in [0.1, 0.15) is 0 Å². The van der Waals surface area contributed by atoms with E-state index in [0.717, 1.165) is 10.9 Å². The normalized spacial score (nSPS) is 11.0. The number of benzene rings is 3. The van der Waals surface area contributed by atoms with Crippen LogP contribution in [0.4, 0.5) is 4.39 Å². The van der Waals surface area contributed by atoms with E-state index in [1.807, 2.05) is 18.2 Å². The first kappa shape index (κ1) is 15.5. The lowest BCUT2D eigenvalue weighted by atomic mass is 10.0. The molecular formula is C20H12ClFN2O. The summed E-state index contributed by atoms with van der Waals surface area (Å²) in [4.78, 5) is 12.9. The van der Waals surface area contributed by atoms with Crippen molar-refractivity contribution in [2.24, 2.45) is 0 Å². The van der Waals surface area contributed by atoms with Gasteiger partial charge in [0.2, 0.25) is 0 Å². The zero-order chi connectivity index (χ0) is 17.4. The molecule has 122 valence electrons. The molecule has 0 aliphatic carbocycles. The second-order valence-electron chi connectivity index (χ2n) is 5.59. The molecule has 0 fully saturated rings. The highest BCUT2D eigenvalue weighted by molar-refractivity contribution is 6.30. The highest BCUT2D eigenvalue weighted by Gasteiger charge is 2.13. The number of nitrogens with zero attached hydrogens (tertiary/aromatic N) is 2. The van der Waals surface area contributed by atoms with E-state index in [0.29, 0.717) is 21.8 Å². The van der Waals surface area contributed by atoms with Crippen molar-refractivity contribution in [2.45, 2.75) is 0 Å². The Morgan fingerprint density at radius 1 is 0.840 bits per heavy atom. The molecule has 25 heavy (non-hydrogen) atoms. The van der Waals surface area contributed by atoms with Gasteiger partial charge in [0, 0.05) is 16.0 Å². The van der Waals surface area contributed by atoms with E-state index in [1.54, 1.807) is 42.5 Å². The summed E-state index contributed by atoms with van der Waals surface area (Å²) in [6.45, 7) is 0. The van der Waals surface area contributed by atoms with Gasteiger partial charge in [0.25, 0.3) is 5.56 Å². The van der Waals surface area contributed by atoms with Crippen LogP contribution in [0, 0.1) is 5.82 Å². The van der Waals surface area contributed by atoms with Crippen molar-refractivity contribution in [3.05, 3.63) is 94.0 Å². The van der Waals surface area contributed by atoms with Crippen LogP contribution in [0.3, 0.4) is 0 Å². The molecule has 1 heterocycles. The molecule has 3 nitrogen and oxygen atoms in total. The van der Waals surface area contributed by atoms with E-state index in [9.17, 15) is 9.18 Å². The molecular weight excluding hydrogens is 339 g/mol. The van der Waals surface area contributed by atoms with Crippen molar-refractivity contribution in [2.75, 3.05) is 0 Å². The summed E-state index contributed by atoms with van der Waals surface area (Å²) in [5.41, 5.74) is 1.75. The molecule has 0 N–H and O–H groups in total. The predicted molar refractivity (Wildman–Crippen MR) is 97.7 cm³/mol. The molecule has 0 saturated heterocycles. The monoisotopic (exact) mass is 350 g/mol. The SMILES string of the molecule is O=c1c2ccccc2c(-c2ccc(F)cc2)nn1-c1ccc(Cl)cc1. The van der Waals surface area contributed by atoms with E-state index < -0.39 is 0 Å². The van der Waals surface area contributed by atoms with Gasteiger partial charge in [0.15, 0.2) is 0 Å². The van der Waals surface area contributed by atoms with Gasteiger partial charge in [0.05, 0.1) is 16.8 Å². The molecule has 0 saturated carbocycles. The van der Waals surface area contributed by atoms with Crippen molar-refractivity contribution >= 4 is 22.4 Å². The fraction of sp³-hybridized carbons (Fsp3) is 0. The molecule has 1 aromatic heterocycles. The molecule has 5 heteroatoms. The third kappa shape index (κ3) is 2.81. The minimum absolute atomic E-state index is 0.219. The summed E-state index contributed by atoms with van der Waals surface area (Å²) < 4.78 is 14.6. The van der Waals surface area contributed by atoms with Gasteiger partial charge >= 0.3 is 0 Å². The maximum absolute atomic E-state index is 13.3. The van der Waals surface area contributed by atoms with Gasteiger partial charge in [-0.25, -0.2) is 4.39 Å². The van der Waals surface area contributed by atoms with Crippen LogP contribution in [0.5, 0.6) is 0 Å². The summed E-state index contributed by atoms with van der Waals surface area (Å²) in [6.07, 6.45) is 0. The van der Waals surface area contributed by atoms with Crippen LogP contribution >= 0.6 is 11.6 Å². The number of halogens is 2. The molecule has 0 bridgehead atoms. The van der Waals surface area contributed by atoms with Gasteiger partial charge in [-0.15, -0.1) is 0 Å². The van der Waals surface area contributed by atoms with Gasteiger partial charge in [0.1, 0.15) is 5.82 Å². The molecule has 4 rings (SSSR count). The van der Waals surface area contributed by atoms with Gasteiger partial charge in [-0.3, -0.25) is 4.79 Å². The summed E-state index contributed by atoms with van der Waals surface area (Å²) in [6, 6.07) is 20.2. The van der Waals surface area contributed by atoms with Crippen LogP contribution < -0.4 is 5.56 Å². The zero-order valence-electron chi connectivity index (χ0n) is 13.0. The van der Waals surface area contributed by atoms with E-state index in [4.69, 9.17) is 11.6 Å². The number of rotatable bonds is 2. The lowest BCUT2D eigenvalue weighted by Gasteiger charge is -2.11.